The zero-order valence-electron chi connectivity index (χ0n) is 12.0. The Bertz CT molecular complexity index is 526. The lowest BCUT2D eigenvalue weighted by molar-refractivity contribution is -0.142. The molecule has 2 rings (SSSR count). The lowest BCUT2D eigenvalue weighted by Gasteiger charge is -2.23. The summed E-state index contributed by atoms with van der Waals surface area (Å²) < 4.78 is 1.65. The van der Waals surface area contributed by atoms with Gasteiger partial charge in [-0.25, -0.2) is 4.79 Å². The largest absolute Gasteiger partial charge is 0.481 e. The molecule has 2 heterocycles. The number of nitrogens with one attached hydrogen (secondary N) is 1. The van der Waals surface area contributed by atoms with Crippen molar-refractivity contribution in [2.45, 2.75) is 32.7 Å². The van der Waals surface area contributed by atoms with Crippen LogP contribution in [0.1, 0.15) is 26.0 Å². The van der Waals surface area contributed by atoms with E-state index in [0.29, 0.717) is 18.7 Å². The predicted octanol–water partition coefficient (Wildman–Crippen LogP) is 1.31. The number of likely N-dealkylation sites (tertiary alicyclic amines) is 1. The maximum atomic E-state index is 12.3. The third-order valence-corrected chi connectivity index (χ3v) is 3.81. The van der Waals surface area contributed by atoms with Crippen LogP contribution in [-0.4, -0.2) is 44.4 Å². The molecule has 0 aromatic carbocycles. The molecule has 1 aliphatic rings. The number of nitrogens with zero attached hydrogens (tertiary/aromatic N) is 3. The third-order valence-electron chi connectivity index (χ3n) is 3.81. The summed E-state index contributed by atoms with van der Waals surface area (Å²) in [6.07, 6.45) is 2.98. The topological polar surface area (TPSA) is 87.5 Å². The van der Waals surface area contributed by atoms with Gasteiger partial charge < -0.3 is 15.3 Å². The van der Waals surface area contributed by atoms with E-state index >= 15 is 0 Å². The molecule has 1 aromatic heterocycles. The summed E-state index contributed by atoms with van der Waals surface area (Å²) in [5, 5.41) is 16.2. The lowest BCUT2D eigenvalue weighted by Crippen LogP contribution is -2.40. The fraction of sp³-hybridized carbons (Fsp3) is 0.615. The van der Waals surface area contributed by atoms with Crippen molar-refractivity contribution in [3.63, 3.8) is 0 Å². The number of aryl methyl sites for hydroxylation is 2. The van der Waals surface area contributed by atoms with Crippen LogP contribution in [0.4, 0.5) is 10.5 Å². The Hall–Kier alpha value is -2.05. The van der Waals surface area contributed by atoms with E-state index in [1.54, 1.807) is 29.7 Å². The van der Waals surface area contributed by atoms with Crippen molar-refractivity contribution >= 4 is 17.7 Å². The molecule has 2 N–H and O–H groups in total. The maximum Gasteiger partial charge on any atom is 0.322 e. The van der Waals surface area contributed by atoms with Gasteiger partial charge >= 0.3 is 12.0 Å². The number of aromatic nitrogens is 2. The van der Waals surface area contributed by atoms with E-state index in [1.165, 1.54) is 0 Å². The minimum absolute atomic E-state index is 0.260. The second-order valence-electron chi connectivity index (χ2n) is 5.11. The number of urea groups is 1. The highest BCUT2D eigenvalue weighted by atomic mass is 16.4. The van der Waals surface area contributed by atoms with Crippen molar-refractivity contribution in [1.82, 2.24) is 14.7 Å². The molecule has 2 unspecified atom stereocenters. The second kappa shape index (κ2) is 5.52. The van der Waals surface area contributed by atoms with E-state index in [1.807, 2.05) is 6.92 Å². The quantitative estimate of drug-likeness (QED) is 0.874. The molecule has 110 valence electrons. The molecule has 1 saturated heterocycles. The van der Waals surface area contributed by atoms with Crippen LogP contribution in [0, 0.1) is 5.92 Å². The summed E-state index contributed by atoms with van der Waals surface area (Å²) >= 11 is 0. The van der Waals surface area contributed by atoms with Crippen molar-refractivity contribution < 1.29 is 14.7 Å². The highest BCUT2D eigenvalue weighted by molar-refractivity contribution is 5.90. The Labute approximate surface area is 117 Å². The smallest absolute Gasteiger partial charge is 0.322 e. The molecular formula is C13H20N4O3. The zero-order chi connectivity index (χ0) is 14.9. The molecule has 0 aliphatic carbocycles. The van der Waals surface area contributed by atoms with E-state index in [-0.39, 0.29) is 12.1 Å². The molecular weight excluding hydrogens is 260 g/mol. The fourth-order valence-electron chi connectivity index (χ4n) is 2.64. The Kier molecular flexibility index (Phi) is 3.96. The van der Waals surface area contributed by atoms with Crippen LogP contribution in [0.2, 0.25) is 0 Å². The van der Waals surface area contributed by atoms with Crippen LogP contribution >= 0.6 is 0 Å². The van der Waals surface area contributed by atoms with Crippen molar-refractivity contribution in [3.8, 4) is 0 Å². The van der Waals surface area contributed by atoms with E-state index in [9.17, 15) is 9.59 Å². The lowest BCUT2D eigenvalue weighted by atomic mass is 10.0. The Morgan fingerprint density at radius 2 is 2.25 bits per heavy atom. The van der Waals surface area contributed by atoms with Crippen LogP contribution < -0.4 is 5.32 Å². The van der Waals surface area contributed by atoms with Gasteiger partial charge in [-0.1, -0.05) is 6.92 Å². The van der Waals surface area contributed by atoms with Gasteiger partial charge in [0, 0.05) is 25.8 Å². The molecule has 0 bridgehead atoms. The molecule has 7 nitrogen and oxygen atoms in total. The summed E-state index contributed by atoms with van der Waals surface area (Å²) in [4.78, 5) is 24.9. The van der Waals surface area contributed by atoms with E-state index in [2.05, 4.69) is 10.4 Å². The highest BCUT2D eigenvalue weighted by Gasteiger charge is 2.38. The van der Waals surface area contributed by atoms with E-state index in [0.717, 1.165) is 12.1 Å². The number of carboxylic acids is 1. The maximum absolute atomic E-state index is 12.3. The van der Waals surface area contributed by atoms with Gasteiger partial charge in [0.15, 0.2) is 0 Å². The first-order valence-electron chi connectivity index (χ1n) is 6.77. The standard InChI is InChI=1S/C13H20N4O3/c1-4-10-11(7-16(3)15-10)14-13(20)17-6-5-9(8(17)2)12(18)19/h7-9H,4-6H2,1-3H3,(H,14,20)(H,18,19). The number of hydrogen-bond donors (Lipinski definition) is 2. The molecule has 0 spiro atoms. The van der Waals surface area contributed by atoms with Gasteiger partial charge in [-0.15, -0.1) is 0 Å². The summed E-state index contributed by atoms with van der Waals surface area (Å²) in [5.74, 6) is -1.33. The van der Waals surface area contributed by atoms with Gasteiger partial charge in [-0.2, -0.15) is 5.10 Å². The first kappa shape index (κ1) is 14.4. The molecule has 1 aliphatic heterocycles. The highest BCUT2D eigenvalue weighted by Crippen LogP contribution is 2.25. The average molecular weight is 280 g/mol. The number of carbonyl (C=O) groups excluding carboxylic acids is 1. The van der Waals surface area contributed by atoms with E-state index < -0.39 is 11.9 Å². The Morgan fingerprint density at radius 3 is 2.80 bits per heavy atom. The number of rotatable bonds is 3. The number of carboxylic acid groups (broad SMARTS) is 1. The summed E-state index contributed by atoms with van der Waals surface area (Å²) in [6.45, 7) is 4.21. The fourth-order valence-corrected chi connectivity index (χ4v) is 2.64. The zero-order valence-corrected chi connectivity index (χ0v) is 12.0. The second-order valence-corrected chi connectivity index (χ2v) is 5.11. The van der Waals surface area contributed by atoms with Gasteiger partial charge in [0.2, 0.25) is 0 Å². The van der Waals surface area contributed by atoms with Crippen molar-refractivity contribution in [2.75, 3.05) is 11.9 Å². The van der Waals surface area contributed by atoms with Crippen molar-refractivity contribution in [1.29, 1.82) is 0 Å². The summed E-state index contributed by atoms with van der Waals surface area (Å²) in [6, 6.07) is -0.557. The van der Waals surface area contributed by atoms with E-state index in [4.69, 9.17) is 5.11 Å². The third kappa shape index (κ3) is 2.61. The molecule has 1 aromatic rings. The van der Waals surface area contributed by atoms with Gasteiger partial charge in [0.25, 0.3) is 0 Å². The number of aliphatic carboxylic acids is 1. The predicted molar refractivity (Wildman–Crippen MR) is 73.5 cm³/mol. The number of anilines is 1. The number of hydrogen-bond acceptors (Lipinski definition) is 3. The molecule has 20 heavy (non-hydrogen) atoms. The van der Waals surface area contributed by atoms with Crippen molar-refractivity contribution in [2.24, 2.45) is 13.0 Å². The first-order chi connectivity index (χ1) is 9.43. The van der Waals surface area contributed by atoms with Gasteiger partial charge in [-0.3, -0.25) is 9.48 Å². The van der Waals surface area contributed by atoms with Crippen molar-refractivity contribution in [3.05, 3.63) is 11.9 Å². The molecule has 1 fully saturated rings. The molecule has 0 radical (unpaired) electrons. The number of carbonyl (C=O) groups is 2. The summed E-state index contributed by atoms with van der Waals surface area (Å²) in [7, 11) is 1.80. The Balaban J connectivity index is 2.07. The van der Waals surface area contributed by atoms with Crippen LogP contribution in [0.5, 0.6) is 0 Å². The normalized spacial score (nSPS) is 22.1. The first-order valence-corrected chi connectivity index (χ1v) is 6.77. The van der Waals surface area contributed by atoms with Crippen LogP contribution in [0.15, 0.2) is 6.20 Å². The van der Waals surface area contributed by atoms with Gasteiger partial charge in [0.05, 0.1) is 17.3 Å². The number of amides is 2. The van der Waals surface area contributed by atoms with Crippen LogP contribution in [0.25, 0.3) is 0 Å². The minimum Gasteiger partial charge on any atom is -0.481 e. The van der Waals surface area contributed by atoms with Crippen LogP contribution in [0.3, 0.4) is 0 Å². The molecule has 2 amide bonds. The average Bonchev–Trinajstić information content (AvgIpc) is 2.92. The monoisotopic (exact) mass is 280 g/mol. The molecule has 2 atom stereocenters. The minimum atomic E-state index is -0.844. The molecule has 0 saturated carbocycles. The van der Waals surface area contributed by atoms with Crippen LogP contribution in [-0.2, 0) is 18.3 Å². The molecule has 7 heteroatoms. The summed E-state index contributed by atoms with van der Waals surface area (Å²) in [5.41, 5.74) is 1.51. The van der Waals surface area contributed by atoms with Gasteiger partial charge in [-0.05, 0) is 19.8 Å². The van der Waals surface area contributed by atoms with Gasteiger partial charge in [0.1, 0.15) is 0 Å². The Morgan fingerprint density at radius 1 is 1.55 bits per heavy atom. The SMILES string of the molecule is CCc1nn(C)cc1NC(=O)N1CCC(C(=O)O)C1C.